The maximum absolute atomic E-state index is 11.7. The molecule has 18 heavy (non-hydrogen) atoms. The smallest absolute Gasteiger partial charge is 0.338 e. The van der Waals surface area contributed by atoms with E-state index in [1.165, 1.54) is 0 Å². The second-order valence-corrected chi connectivity index (χ2v) is 4.07. The predicted octanol–water partition coefficient (Wildman–Crippen LogP) is 1.83. The molecule has 0 aliphatic carbocycles. The van der Waals surface area contributed by atoms with Crippen LogP contribution in [0.15, 0.2) is 60.7 Å². The van der Waals surface area contributed by atoms with E-state index in [9.17, 15) is 4.79 Å². The van der Waals surface area contributed by atoms with E-state index in [4.69, 9.17) is 4.74 Å². The zero-order chi connectivity index (χ0) is 12.8. The second kappa shape index (κ2) is 5.98. The van der Waals surface area contributed by atoms with E-state index in [0.717, 1.165) is 5.56 Å². The van der Waals surface area contributed by atoms with Gasteiger partial charge in [0.25, 0.3) is 0 Å². The number of hydrogen-bond donors (Lipinski definition) is 1. The normalized spacial score (nSPS) is 11.8. The van der Waals surface area contributed by atoms with Gasteiger partial charge in [-0.25, -0.2) is 4.79 Å². The molecule has 2 rings (SSSR count). The molecule has 2 aromatic rings. The van der Waals surface area contributed by atoms with Crippen LogP contribution in [0.1, 0.15) is 22.0 Å². The van der Waals surface area contributed by atoms with Crippen LogP contribution in [0.2, 0.25) is 0 Å². The lowest BCUT2D eigenvalue weighted by atomic mass is 10.1. The SMILES string of the molecule is [NH3+]C(COC(=O)c1ccccc1)c1ccccc1. The standard InChI is InChI=1S/C15H15NO2/c16-14(12-7-3-1-4-8-12)11-18-15(17)13-9-5-2-6-10-13/h1-10,14H,11,16H2/p+1. The molecule has 3 nitrogen and oxygen atoms in total. The van der Waals surface area contributed by atoms with E-state index in [-0.39, 0.29) is 18.6 Å². The predicted molar refractivity (Wildman–Crippen MR) is 68.8 cm³/mol. The molecular formula is C15H16NO2+. The van der Waals surface area contributed by atoms with Crippen LogP contribution in [0, 0.1) is 0 Å². The van der Waals surface area contributed by atoms with Gasteiger partial charge in [-0.05, 0) is 12.1 Å². The van der Waals surface area contributed by atoms with Gasteiger partial charge in [0.15, 0.2) is 0 Å². The number of carbonyl (C=O) groups is 1. The first-order chi connectivity index (χ1) is 8.77. The third-order valence-electron chi connectivity index (χ3n) is 2.70. The van der Waals surface area contributed by atoms with Gasteiger partial charge in [-0.1, -0.05) is 48.5 Å². The molecule has 0 amide bonds. The van der Waals surface area contributed by atoms with E-state index in [0.29, 0.717) is 5.56 Å². The zero-order valence-electron chi connectivity index (χ0n) is 10.1. The lowest BCUT2D eigenvalue weighted by Crippen LogP contribution is -2.55. The van der Waals surface area contributed by atoms with Crippen molar-refractivity contribution in [3.8, 4) is 0 Å². The van der Waals surface area contributed by atoms with E-state index >= 15 is 0 Å². The Hall–Kier alpha value is -2.13. The Kier molecular flexibility index (Phi) is 4.10. The Morgan fingerprint density at radius 2 is 1.56 bits per heavy atom. The van der Waals surface area contributed by atoms with Gasteiger partial charge < -0.3 is 10.5 Å². The summed E-state index contributed by atoms with van der Waals surface area (Å²) in [5.41, 5.74) is 5.63. The van der Waals surface area contributed by atoms with Crippen molar-refractivity contribution in [1.82, 2.24) is 0 Å². The van der Waals surface area contributed by atoms with Gasteiger partial charge in [-0.2, -0.15) is 0 Å². The molecule has 0 radical (unpaired) electrons. The fourth-order valence-corrected chi connectivity index (χ4v) is 1.66. The quantitative estimate of drug-likeness (QED) is 0.831. The Morgan fingerprint density at radius 1 is 1.00 bits per heavy atom. The van der Waals surface area contributed by atoms with Gasteiger partial charge in [-0.3, -0.25) is 0 Å². The summed E-state index contributed by atoms with van der Waals surface area (Å²) in [5, 5.41) is 0. The van der Waals surface area contributed by atoms with Crippen molar-refractivity contribution in [1.29, 1.82) is 0 Å². The third kappa shape index (κ3) is 3.18. The molecule has 0 fully saturated rings. The molecule has 0 saturated carbocycles. The molecule has 0 spiro atoms. The van der Waals surface area contributed by atoms with Crippen LogP contribution in [0.5, 0.6) is 0 Å². The monoisotopic (exact) mass is 242 g/mol. The summed E-state index contributed by atoms with van der Waals surface area (Å²) >= 11 is 0. The molecule has 3 heteroatoms. The molecule has 1 atom stereocenters. The number of ether oxygens (including phenoxy) is 1. The van der Waals surface area contributed by atoms with Crippen LogP contribution in [0.3, 0.4) is 0 Å². The number of carbonyl (C=O) groups excluding carboxylic acids is 1. The summed E-state index contributed by atoms with van der Waals surface area (Å²) in [6.07, 6.45) is 0. The van der Waals surface area contributed by atoms with E-state index < -0.39 is 0 Å². The Morgan fingerprint density at radius 3 is 2.17 bits per heavy atom. The van der Waals surface area contributed by atoms with Gasteiger partial charge in [0.2, 0.25) is 0 Å². The summed E-state index contributed by atoms with van der Waals surface area (Å²) in [6, 6.07) is 18.7. The van der Waals surface area contributed by atoms with Gasteiger partial charge in [0.05, 0.1) is 5.56 Å². The van der Waals surface area contributed by atoms with Crippen molar-refractivity contribution < 1.29 is 15.3 Å². The molecule has 0 aromatic heterocycles. The highest BCUT2D eigenvalue weighted by atomic mass is 16.5. The number of rotatable bonds is 4. The molecule has 0 bridgehead atoms. The number of quaternary nitrogens is 1. The van der Waals surface area contributed by atoms with E-state index in [1.807, 2.05) is 48.5 Å². The summed E-state index contributed by atoms with van der Waals surface area (Å²) in [6.45, 7) is 0.289. The molecule has 2 aromatic carbocycles. The Labute approximate surface area is 106 Å². The molecule has 0 aliphatic heterocycles. The minimum absolute atomic E-state index is 0.0427. The van der Waals surface area contributed by atoms with Crippen LogP contribution >= 0.6 is 0 Å². The summed E-state index contributed by atoms with van der Waals surface area (Å²) in [4.78, 5) is 11.7. The van der Waals surface area contributed by atoms with Crippen LogP contribution in [-0.2, 0) is 4.74 Å². The minimum Gasteiger partial charge on any atom is -0.455 e. The van der Waals surface area contributed by atoms with Crippen LogP contribution in [-0.4, -0.2) is 12.6 Å². The zero-order valence-corrected chi connectivity index (χ0v) is 10.1. The van der Waals surface area contributed by atoms with Crippen molar-refractivity contribution in [3.05, 3.63) is 71.8 Å². The first kappa shape index (κ1) is 12.3. The van der Waals surface area contributed by atoms with E-state index in [1.54, 1.807) is 12.1 Å². The highest BCUT2D eigenvalue weighted by molar-refractivity contribution is 5.89. The number of esters is 1. The second-order valence-electron chi connectivity index (χ2n) is 4.07. The maximum Gasteiger partial charge on any atom is 0.338 e. The molecule has 1 unspecified atom stereocenters. The van der Waals surface area contributed by atoms with Crippen molar-refractivity contribution >= 4 is 5.97 Å². The Balaban J connectivity index is 1.91. The average molecular weight is 242 g/mol. The molecule has 92 valence electrons. The fourth-order valence-electron chi connectivity index (χ4n) is 1.66. The summed E-state index contributed by atoms with van der Waals surface area (Å²) in [5.74, 6) is -0.305. The molecule has 0 saturated heterocycles. The molecular weight excluding hydrogens is 226 g/mol. The van der Waals surface area contributed by atoms with Gasteiger partial charge >= 0.3 is 5.97 Å². The third-order valence-corrected chi connectivity index (χ3v) is 2.70. The summed E-state index contributed by atoms with van der Waals surface area (Å²) in [7, 11) is 0. The average Bonchev–Trinajstić information content (AvgIpc) is 2.46. The lowest BCUT2D eigenvalue weighted by Gasteiger charge is -2.09. The van der Waals surface area contributed by atoms with Crippen molar-refractivity contribution in [3.63, 3.8) is 0 Å². The van der Waals surface area contributed by atoms with Gasteiger partial charge in [0, 0.05) is 5.56 Å². The first-order valence-corrected chi connectivity index (χ1v) is 5.87. The van der Waals surface area contributed by atoms with Crippen molar-refractivity contribution in [2.75, 3.05) is 6.61 Å². The maximum atomic E-state index is 11.7. The lowest BCUT2D eigenvalue weighted by molar-refractivity contribution is -0.431. The molecule has 3 N–H and O–H groups in total. The van der Waals surface area contributed by atoms with Gasteiger partial charge in [0.1, 0.15) is 12.6 Å². The topological polar surface area (TPSA) is 53.9 Å². The van der Waals surface area contributed by atoms with E-state index in [2.05, 4.69) is 5.73 Å². The highest BCUT2D eigenvalue weighted by Crippen LogP contribution is 2.09. The van der Waals surface area contributed by atoms with Crippen molar-refractivity contribution in [2.45, 2.75) is 6.04 Å². The highest BCUT2D eigenvalue weighted by Gasteiger charge is 2.13. The van der Waals surface area contributed by atoms with Crippen LogP contribution in [0.25, 0.3) is 0 Å². The Bertz CT molecular complexity index is 496. The largest absolute Gasteiger partial charge is 0.455 e. The number of hydrogen-bond acceptors (Lipinski definition) is 2. The van der Waals surface area contributed by atoms with Crippen LogP contribution < -0.4 is 5.73 Å². The molecule has 0 aliphatic rings. The summed E-state index contributed by atoms with van der Waals surface area (Å²) < 4.78 is 5.24. The van der Waals surface area contributed by atoms with Crippen molar-refractivity contribution in [2.24, 2.45) is 0 Å². The van der Waals surface area contributed by atoms with Crippen LogP contribution in [0.4, 0.5) is 0 Å². The first-order valence-electron chi connectivity index (χ1n) is 5.87. The number of benzene rings is 2. The molecule has 0 heterocycles. The fraction of sp³-hybridized carbons (Fsp3) is 0.133. The van der Waals surface area contributed by atoms with Gasteiger partial charge in [-0.15, -0.1) is 0 Å². The minimum atomic E-state index is -0.305.